The van der Waals surface area contributed by atoms with Crippen LogP contribution in [-0.2, 0) is 0 Å². The molecule has 0 bridgehead atoms. The summed E-state index contributed by atoms with van der Waals surface area (Å²) >= 11 is 0. The first-order chi connectivity index (χ1) is 11.5. The van der Waals surface area contributed by atoms with Crippen LogP contribution < -0.4 is 15.4 Å². The van der Waals surface area contributed by atoms with Crippen LogP contribution in [0.2, 0.25) is 0 Å². The summed E-state index contributed by atoms with van der Waals surface area (Å²) in [5.74, 6) is -0.667. The highest BCUT2D eigenvalue weighted by Crippen LogP contribution is 2.25. The number of carbonyl (C=O) groups is 1. The third-order valence-corrected chi connectivity index (χ3v) is 3.20. The van der Waals surface area contributed by atoms with E-state index >= 15 is 0 Å². The largest absolute Gasteiger partial charge is 0.492 e. The zero-order valence-corrected chi connectivity index (χ0v) is 13.1. The molecule has 1 atom stereocenters. The van der Waals surface area contributed by atoms with Crippen LogP contribution in [0.5, 0.6) is 5.75 Å². The summed E-state index contributed by atoms with van der Waals surface area (Å²) in [5, 5.41) is 15.0. The Morgan fingerprint density at radius 1 is 1.17 bits per heavy atom. The quantitative estimate of drug-likeness (QED) is 0.758. The second-order valence-corrected chi connectivity index (χ2v) is 4.98. The lowest BCUT2D eigenvalue weighted by Gasteiger charge is -2.15. The number of aliphatic hydroxyl groups excluding tert-OH is 1. The fourth-order valence-corrected chi connectivity index (χ4v) is 2.03. The molecule has 0 saturated carbocycles. The molecule has 2 aromatic rings. The molecule has 1 unspecified atom stereocenters. The van der Waals surface area contributed by atoms with Crippen molar-refractivity contribution in [3.8, 4) is 5.75 Å². The van der Waals surface area contributed by atoms with Crippen LogP contribution in [0, 0.1) is 11.6 Å². The molecule has 2 rings (SSSR count). The Morgan fingerprint density at radius 2 is 1.83 bits per heavy atom. The maximum absolute atomic E-state index is 13.2. The second-order valence-electron chi connectivity index (χ2n) is 4.98. The van der Waals surface area contributed by atoms with Crippen LogP contribution in [0.4, 0.5) is 19.3 Å². The van der Waals surface area contributed by atoms with Crippen molar-refractivity contribution in [3.05, 3.63) is 59.7 Å². The Hall–Kier alpha value is -2.67. The van der Waals surface area contributed by atoms with Gasteiger partial charge in [0.05, 0.1) is 18.4 Å². The minimum absolute atomic E-state index is 0.0668. The van der Waals surface area contributed by atoms with Gasteiger partial charge >= 0.3 is 6.03 Å². The number of hydrogen-bond donors (Lipinski definition) is 3. The molecule has 0 spiro atoms. The number of amides is 2. The van der Waals surface area contributed by atoms with E-state index in [1.54, 1.807) is 6.92 Å². The van der Waals surface area contributed by atoms with Crippen molar-refractivity contribution in [2.45, 2.75) is 13.0 Å². The fraction of sp³-hybridized carbons (Fsp3) is 0.235. The van der Waals surface area contributed by atoms with Crippen LogP contribution >= 0.6 is 0 Å². The Kier molecular flexibility index (Phi) is 6.08. The second kappa shape index (κ2) is 8.26. The van der Waals surface area contributed by atoms with Crippen molar-refractivity contribution < 1.29 is 23.4 Å². The highest BCUT2D eigenvalue weighted by molar-refractivity contribution is 5.90. The van der Waals surface area contributed by atoms with Crippen LogP contribution in [0.15, 0.2) is 42.5 Å². The first kappa shape index (κ1) is 17.7. The predicted molar refractivity (Wildman–Crippen MR) is 86.0 cm³/mol. The molecule has 0 aliphatic heterocycles. The standard InChI is InChI=1S/C17H18F2N2O3/c1-2-24-16-9-13(19)7-8-14(16)21-17(23)20-10-15(22)11-3-5-12(18)6-4-11/h3-9,15,22H,2,10H2,1H3,(H2,20,21,23). The molecule has 128 valence electrons. The highest BCUT2D eigenvalue weighted by atomic mass is 19.1. The fourth-order valence-electron chi connectivity index (χ4n) is 2.03. The zero-order valence-electron chi connectivity index (χ0n) is 13.1. The van der Waals surface area contributed by atoms with Gasteiger partial charge in [0, 0.05) is 12.6 Å². The molecule has 0 radical (unpaired) electrons. The Bertz CT molecular complexity index is 693. The SMILES string of the molecule is CCOc1cc(F)ccc1NC(=O)NCC(O)c1ccc(F)cc1. The number of urea groups is 1. The summed E-state index contributed by atoms with van der Waals surface area (Å²) in [6.07, 6.45) is -0.976. The molecular formula is C17H18F2N2O3. The van der Waals surface area contributed by atoms with E-state index in [1.807, 2.05) is 0 Å². The van der Waals surface area contributed by atoms with Gasteiger partial charge < -0.3 is 20.5 Å². The predicted octanol–water partition coefficient (Wildman–Crippen LogP) is 3.22. The number of ether oxygens (including phenoxy) is 1. The number of rotatable bonds is 6. The van der Waals surface area contributed by atoms with Crippen molar-refractivity contribution in [2.24, 2.45) is 0 Å². The van der Waals surface area contributed by atoms with Crippen molar-refractivity contribution in [3.63, 3.8) is 0 Å². The maximum atomic E-state index is 13.2. The van der Waals surface area contributed by atoms with Crippen molar-refractivity contribution in [1.82, 2.24) is 5.32 Å². The molecule has 24 heavy (non-hydrogen) atoms. The molecule has 0 heterocycles. The van der Waals surface area contributed by atoms with Crippen LogP contribution in [0.3, 0.4) is 0 Å². The molecule has 0 fully saturated rings. The molecule has 2 amide bonds. The van der Waals surface area contributed by atoms with E-state index in [9.17, 15) is 18.7 Å². The summed E-state index contributed by atoms with van der Waals surface area (Å²) in [6, 6.07) is 8.51. The average molecular weight is 336 g/mol. The summed E-state index contributed by atoms with van der Waals surface area (Å²) in [6.45, 7) is 2.00. The third kappa shape index (κ3) is 4.92. The van der Waals surface area contributed by atoms with Crippen molar-refractivity contribution >= 4 is 11.7 Å². The Labute approximate surface area is 138 Å². The van der Waals surface area contributed by atoms with E-state index in [0.29, 0.717) is 17.9 Å². The van der Waals surface area contributed by atoms with E-state index in [-0.39, 0.29) is 12.3 Å². The molecule has 0 aliphatic rings. The lowest BCUT2D eigenvalue weighted by atomic mass is 10.1. The van der Waals surface area contributed by atoms with Crippen molar-refractivity contribution in [1.29, 1.82) is 0 Å². The van der Waals surface area contributed by atoms with Gasteiger partial charge in [0.2, 0.25) is 0 Å². The lowest BCUT2D eigenvalue weighted by molar-refractivity contribution is 0.175. The first-order valence-electron chi connectivity index (χ1n) is 7.40. The molecule has 0 aromatic heterocycles. The topological polar surface area (TPSA) is 70.6 Å². The number of nitrogens with one attached hydrogen (secondary N) is 2. The van der Waals surface area contributed by atoms with Crippen LogP contribution in [0.1, 0.15) is 18.6 Å². The van der Waals surface area contributed by atoms with E-state index in [1.165, 1.54) is 42.5 Å². The van der Waals surface area contributed by atoms with E-state index < -0.39 is 23.8 Å². The summed E-state index contributed by atoms with van der Waals surface area (Å²) in [7, 11) is 0. The average Bonchev–Trinajstić information content (AvgIpc) is 2.56. The summed E-state index contributed by atoms with van der Waals surface area (Å²) < 4.78 is 31.3. The van der Waals surface area contributed by atoms with E-state index in [2.05, 4.69) is 10.6 Å². The van der Waals surface area contributed by atoms with Gasteiger partial charge in [-0.15, -0.1) is 0 Å². The van der Waals surface area contributed by atoms with Gasteiger partial charge in [-0.2, -0.15) is 0 Å². The number of carbonyl (C=O) groups excluding carboxylic acids is 1. The van der Waals surface area contributed by atoms with Gasteiger partial charge in [0.15, 0.2) is 0 Å². The number of hydrogen-bond acceptors (Lipinski definition) is 3. The minimum atomic E-state index is -0.976. The highest BCUT2D eigenvalue weighted by Gasteiger charge is 2.12. The van der Waals surface area contributed by atoms with Gasteiger partial charge in [-0.05, 0) is 36.8 Å². The molecule has 2 aromatic carbocycles. The normalized spacial score (nSPS) is 11.7. The van der Waals surface area contributed by atoms with E-state index in [0.717, 1.165) is 0 Å². The Morgan fingerprint density at radius 3 is 2.50 bits per heavy atom. The molecule has 7 heteroatoms. The number of halogens is 2. The molecule has 0 saturated heterocycles. The Balaban J connectivity index is 1.92. The van der Waals surface area contributed by atoms with Gasteiger partial charge in [-0.1, -0.05) is 12.1 Å². The minimum Gasteiger partial charge on any atom is -0.492 e. The summed E-state index contributed by atoms with van der Waals surface area (Å²) in [5.41, 5.74) is 0.792. The zero-order chi connectivity index (χ0) is 17.5. The lowest BCUT2D eigenvalue weighted by Crippen LogP contribution is -2.32. The monoisotopic (exact) mass is 336 g/mol. The number of anilines is 1. The first-order valence-corrected chi connectivity index (χ1v) is 7.40. The smallest absolute Gasteiger partial charge is 0.319 e. The number of benzene rings is 2. The third-order valence-electron chi connectivity index (χ3n) is 3.20. The van der Waals surface area contributed by atoms with E-state index in [4.69, 9.17) is 4.74 Å². The summed E-state index contributed by atoms with van der Waals surface area (Å²) in [4.78, 5) is 11.9. The van der Waals surface area contributed by atoms with Gasteiger partial charge in [-0.3, -0.25) is 0 Å². The van der Waals surface area contributed by atoms with Crippen LogP contribution in [-0.4, -0.2) is 24.3 Å². The van der Waals surface area contributed by atoms with Gasteiger partial charge in [-0.25, -0.2) is 13.6 Å². The van der Waals surface area contributed by atoms with Crippen LogP contribution in [0.25, 0.3) is 0 Å². The molecule has 5 nitrogen and oxygen atoms in total. The molecule has 3 N–H and O–H groups in total. The van der Waals surface area contributed by atoms with Crippen molar-refractivity contribution in [2.75, 3.05) is 18.5 Å². The van der Waals surface area contributed by atoms with Gasteiger partial charge in [0.25, 0.3) is 0 Å². The molecule has 0 aliphatic carbocycles. The maximum Gasteiger partial charge on any atom is 0.319 e. The number of aliphatic hydroxyl groups is 1. The van der Waals surface area contributed by atoms with Gasteiger partial charge in [0.1, 0.15) is 17.4 Å². The molecular weight excluding hydrogens is 318 g/mol.